The van der Waals surface area contributed by atoms with Crippen LogP contribution < -0.4 is 5.32 Å². The lowest BCUT2D eigenvalue weighted by molar-refractivity contribution is -0.153. The predicted molar refractivity (Wildman–Crippen MR) is 141 cm³/mol. The fraction of sp³-hybridized carbons (Fsp3) is 0.321. The number of aromatic nitrogens is 2. The number of halogens is 1. The molecule has 0 radical (unpaired) electrons. The molecule has 2 aromatic carbocycles. The normalized spacial score (nSPS) is 11.6. The molecule has 0 unspecified atom stereocenters. The summed E-state index contributed by atoms with van der Waals surface area (Å²) in [7, 11) is 0. The number of nitrogens with one attached hydrogen (secondary N) is 1. The number of furan rings is 1. The van der Waals surface area contributed by atoms with Crippen LogP contribution in [0.5, 0.6) is 0 Å². The van der Waals surface area contributed by atoms with E-state index in [2.05, 4.69) is 10.4 Å². The standard InChI is InChI=1S/C28H30ClN3O4/c1-16-21-8-7-9-23(29)26(21)35-25(16)27(34)30-20-12-10-19(11-13-20)15-32-18(3)22(17(2)31-32)14-24(33)36-28(4,5)6/h7-13H,14-15H2,1-6H3,(H,30,34). The summed E-state index contributed by atoms with van der Waals surface area (Å²) in [5.74, 6) is -0.365. The predicted octanol–water partition coefficient (Wildman–Crippen LogP) is 6.39. The van der Waals surface area contributed by atoms with Crippen LogP contribution in [0.4, 0.5) is 5.69 Å². The van der Waals surface area contributed by atoms with Crippen molar-refractivity contribution in [3.8, 4) is 0 Å². The third-order valence-electron chi connectivity index (χ3n) is 5.94. The van der Waals surface area contributed by atoms with Crippen LogP contribution in [0.3, 0.4) is 0 Å². The summed E-state index contributed by atoms with van der Waals surface area (Å²) in [5.41, 5.74) is 5.00. The molecule has 4 rings (SSSR count). The van der Waals surface area contributed by atoms with Crippen molar-refractivity contribution in [3.05, 3.63) is 81.3 Å². The molecule has 0 aliphatic carbocycles. The number of hydrogen-bond acceptors (Lipinski definition) is 5. The summed E-state index contributed by atoms with van der Waals surface area (Å²) in [5, 5.41) is 8.79. The summed E-state index contributed by atoms with van der Waals surface area (Å²) in [6, 6.07) is 13.0. The first-order valence-electron chi connectivity index (χ1n) is 11.8. The topological polar surface area (TPSA) is 86.4 Å². The third kappa shape index (κ3) is 5.46. The van der Waals surface area contributed by atoms with Gasteiger partial charge < -0.3 is 14.5 Å². The quantitative estimate of drug-likeness (QED) is 0.305. The third-order valence-corrected chi connectivity index (χ3v) is 6.24. The molecule has 36 heavy (non-hydrogen) atoms. The number of hydrogen-bond donors (Lipinski definition) is 1. The van der Waals surface area contributed by atoms with E-state index in [9.17, 15) is 9.59 Å². The van der Waals surface area contributed by atoms with Crippen molar-refractivity contribution in [1.29, 1.82) is 0 Å². The Bertz CT molecular complexity index is 1440. The first-order valence-corrected chi connectivity index (χ1v) is 12.1. The van der Waals surface area contributed by atoms with Gasteiger partial charge in [-0.2, -0.15) is 5.10 Å². The number of benzene rings is 2. The van der Waals surface area contributed by atoms with E-state index in [1.165, 1.54) is 0 Å². The van der Waals surface area contributed by atoms with Gasteiger partial charge in [0, 0.05) is 27.9 Å². The van der Waals surface area contributed by atoms with Crippen molar-refractivity contribution < 1.29 is 18.7 Å². The van der Waals surface area contributed by atoms with E-state index in [-0.39, 0.29) is 24.1 Å². The maximum atomic E-state index is 12.9. The highest BCUT2D eigenvalue weighted by Crippen LogP contribution is 2.31. The maximum Gasteiger partial charge on any atom is 0.310 e. The summed E-state index contributed by atoms with van der Waals surface area (Å²) < 4.78 is 13.1. The van der Waals surface area contributed by atoms with Gasteiger partial charge in [-0.1, -0.05) is 35.9 Å². The van der Waals surface area contributed by atoms with Crippen LogP contribution >= 0.6 is 11.6 Å². The number of rotatable bonds is 6. The molecule has 1 N–H and O–H groups in total. The van der Waals surface area contributed by atoms with Gasteiger partial charge in [0.25, 0.3) is 5.91 Å². The number of esters is 1. The average molecular weight is 508 g/mol. The van der Waals surface area contributed by atoms with Crippen LogP contribution in [0.15, 0.2) is 46.9 Å². The Morgan fingerprint density at radius 3 is 2.42 bits per heavy atom. The van der Waals surface area contributed by atoms with Crippen LogP contribution in [0.25, 0.3) is 11.0 Å². The number of amides is 1. The molecule has 0 saturated heterocycles. The Morgan fingerprint density at radius 1 is 1.08 bits per heavy atom. The molecule has 0 fully saturated rings. The molecule has 2 aromatic heterocycles. The van der Waals surface area contributed by atoms with Gasteiger partial charge >= 0.3 is 5.97 Å². The Morgan fingerprint density at radius 2 is 1.78 bits per heavy atom. The molecule has 7 nitrogen and oxygen atoms in total. The monoisotopic (exact) mass is 507 g/mol. The second kappa shape index (κ2) is 9.82. The Labute approximate surface area is 215 Å². The SMILES string of the molecule is Cc1nn(Cc2ccc(NC(=O)c3oc4c(Cl)cccc4c3C)cc2)c(C)c1CC(=O)OC(C)(C)C. The fourth-order valence-electron chi connectivity index (χ4n) is 4.15. The van der Waals surface area contributed by atoms with Crippen LogP contribution in [-0.2, 0) is 22.5 Å². The molecule has 2 heterocycles. The summed E-state index contributed by atoms with van der Waals surface area (Å²) >= 11 is 6.21. The lowest BCUT2D eigenvalue weighted by atomic mass is 10.1. The highest BCUT2D eigenvalue weighted by molar-refractivity contribution is 6.35. The van der Waals surface area contributed by atoms with Crippen molar-refractivity contribution in [2.24, 2.45) is 0 Å². The number of nitrogens with zero attached hydrogens (tertiary/aromatic N) is 2. The molecule has 0 atom stereocenters. The highest BCUT2D eigenvalue weighted by Gasteiger charge is 2.21. The number of fused-ring (bicyclic) bond motifs is 1. The van der Waals surface area contributed by atoms with E-state index < -0.39 is 5.60 Å². The number of carbonyl (C=O) groups excluding carboxylic acids is 2. The van der Waals surface area contributed by atoms with Crippen molar-refractivity contribution >= 4 is 40.1 Å². The van der Waals surface area contributed by atoms with Gasteiger partial charge in [0.05, 0.1) is 23.7 Å². The number of para-hydroxylation sites is 1. The summed E-state index contributed by atoms with van der Waals surface area (Å²) in [6.07, 6.45) is 0.187. The molecule has 0 aliphatic heterocycles. The number of carbonyl (C=O) groups is 2. The van der Waals surface area contributed by atoms with E-state index >= 15 is 0 Å². The Balaban J connectivity index is 1.45. The summed E-state index contributed by atoms with van der Waals surface area (Å²) in [6.45, 7) is 11.8. The minimum atomic E-state index is -0.526. The zero-order valence-corrected chi connectivity index (χ0v) is 22.1. The zero-order valence-electron chi connectivity index (χ0n) is 21.4. The van der Waals surface area contributed by atoms with Crippen LogP contribution in [-0.4, -0.2) is 27.3 Å². The number of ether oxygens (including phenoxy) is 1. The fourth-order valence-corrected chi connectivity index (χ4v) is 4.36. The summed E-state index contributed by atoms with van der Waals surface area (Å²) in [4.78, 5) is 25.2. The van der Waals surface area contributed by atoms with Crippen LogP contribution in [0, 0.1) is 20.8 Å². The van der Waals surface area contributed by atoms with E-state index in [1.807, 2.05) is 82.6 Å². The maximum absolute atomic E-state index is 12.9. The molecule has 4 aromatic rings. The molecule has 0 bridgehead atoms. The first kappa shape index (κ1) is 25.5. The zero-order chi connectivity index (χ0) is 26.2. The van der Waals surface area contributed by atoms with Gasteiger partial charge in [0.2, 0.25) is 0 Å². The number of aryl methyl sites for hydroxylation is 2. The Hall–Kier alpha value is -3.58. The molecular weight excluding hydrogens is 478 g/mol. The van der Waals surface area contributed by atoms with Crippen molar-refractivity contribution in [2.75, 3.05) is 5.32 Å². The van der Waals surface area contributed by atoms with E-state index in [1.54, 1.807) is 6.07 Å². The second-order valence-electron chi connectivity index (χ2n) is 9.89. The van der Waals surface area contributed by atoms with Gasteiger partial charge in [-0.05, 0) is 65.3 Å². The average Bonchev–Trinajstić information content (AvgIpc) is 3.26. The molecule has 0 saturated carbocycles. The highest BCUT2D eigenvalue weighted by atomic mass is 35.5. The van der Waals surface area contributed by atoms with Gasteiger partial charge in [-0.3, -0.25) is 14.3 Å². The van der Waals surface area contributed by atoms with Gasteiger partial charge in [-0.15, -0.1) is 0 Å². The van der Waals surface area contributed by atoms with E-state index in [4.69, 9.17) is 20.8 Å². The van der Waals surface area contributed by atoms with E-state index in [0.29, 0.717) is 22.8 Å². The van der Waals surface area contributed by atoms with Gasteiger partial charge in [0.1, 0.15) is 5.60 Å². The van der Waals surface area contributed by atoms with Crippen molar-refractivity contribution in [3.63, 3.8) is 0 Å². The van der Waals surface area contributed by atoms with Crippen LogP contribution in [0.1, 0.15) is 59.4 Å². The molecule has 0 spiro atoms. The smallest absolute Gasteiger partial charge is 0.310 e. The minimum Gasteiger partial charge on any atom is -0.460 e. The molecular formula is C28H30ClN3O4. The minimum absolute atomic E-state index is 0.187. The number of anilines is 1. The molecule has 0 aliphatic rings. The van der Waals surface area contributed by atoms with Gasteiger partial charge in [0.15, 0.2) is 11.3 Å². The largest absolute Gasteiger partial charge is 0.460 e. The lowest BCUT2D eigenvalue weighted by Crippen LogP contribution is -2.25. The second-order valence-corrected chi connectivity index (χ2v) is 10.3. The Kier molecular flexibility index (Phi) is 6.96. The lowest BCUT2D eigenvalue weighted by Gasteiger charge is -2.19. The molecule has 1 amide bonds. The first-order chi connectivity index (χ1) is 16.9. The van der Waals surface area contributed by atoms with Gasteiger partial charge in [-0.25, -0.2) is 0 Å². The molecule has 188 valence electrons. The van der Waals surface area contributed by atoms with E-state index in [0.717, 1.165) is 33.5 Å². The van der Waals surface area contributed by atoms with Crippen LogP contribution in [0.2, 0.25) is 5.02 Å². The van der Waals surface area contributed by atoms with Crippen molar-refractivity contribution in [2.45, 2.75) is 60.1 Å². The van der Waals surface area contributed by atoms with Crippen molar-refractivity contribution in [1.82, 2.24) is 9.78 Å². The molecule has 8 heteroatoms.